The Labute approximate surface area is 155 Å². The first-order chi connectivity index (χ1) is 12.7. The zero-order valence-corrected chi connectivity index (χ0v) is 14.6. The predicted molar refractivity (Wildman–Crippen MR) is 93.7 cm³/mol. The van der Waals surface area contributed by atoms with Crippen molar-refractivity contribution in [2.24, 2.45) is 5.73 Å². The van der Waals surface area contributed by atoms with Crippen LogP contribution in [0.3, 0.4) is 0 Å². The maximum Gasteiger partial charge on any atom is 0.427 e. The number of aromatic nitrogens is 1. The van der Waals surface area contributed by atoms with E-state index in [4.69, 9.17) is 10.5 Å². The van der Waals surface area contributed by atoms with Crippen LogP contribution in [-0.4, -0.2) is 44.7 Å². The highest BCUT2D eigenvalue weighted by molar-refractivity contribution is 5.91. The van der Waals surface area contributed by atoms with Gasteiger partial charge in [-0.25, -0.2) is 14.4 Å². The molecular weight excluding hydrogens is 352 g/mol. The molecule has 2 aromatic rings. The monoisotopic (exact) mass is 371 g/mol. The Balaban J connectivity index is 1.81. The van der Waals surface area contributed by atoms with Gasteiger partial charge in [-0.3, -0.25) is 10.3 Å². The summed E-state index contributed by atoms with van der Waals surface area (Å²) in [6, 6.07) is 8.56. The van der Waals surface area contributed by atoms with Gasteiger partial charge in [-0.2, -0.15) is 4.48 Å². The fraction of sp³-hybridized carbons (Fsp3) is 0.222. The number of carbonyl (C=O) groups is 3. The van der Waals surface area contributed by atoms with E-state index in [1.165, 1.54) is 6.92 Å². The van der Waals surface area contributed by atoms with Gasteiger partial charge in [-0.1, -0.05) is 0 Å². The predicted octanol–water partition coefficient (Wildman–Crippen LogP) is 1.84. The fourth-order valence-corrected chi connectivity index (χ4v) is 3.02. The number of carbonyl (C=O) groups excluding carboxylic acids is 2. The van der Waals surface area contributed by atoms with E-state index in [1.807, 2.05) is 0 Å². The molecule has 0 saturated carbocycles. The molecule has 2 atom stereocenters. The summed E-state index contributed by atoms with van der Waals surface area (Å²) in [6.07, 6.45) is 3.21. The van der Waals surface area contributed by atoms with Crippen LogP contribution in [0.5, 0.6) is 11.5 Å². The highest BCUT2D eigenvalue weighted by Crippen LogP contribution is 2.28. The standard InChI is InChI=1S/C18H18N4O5/c1-18(15(23)24)11-22(16(19)25,17(26)21-18)10-12-2-4-13(5-3-12)27-14-6-8-20-9-7-14/h2-9H,10-11H2,1H3,(H3-,19,21,23,24,25,26)/p+1/t18-,22?/m1/s1. The molecule has 1 unspecified atom stereocenters. The third-order valence-corrected chi connectivity index (χ3v) is 4.51. The molecule has 0 aliphatic carbocycles. The van der Waals surface area contributed by atoms with Gasteiger partial charge in [0.1, 0.15) is 24.6 Å². The zero-order chi connectivity index (χ0) is 19.7. The molecular formula is C18H19N4O5+. The molecule has 2 heterocycles. The number of hydrogen-bond donors (Lipinski definition) is 3. The largest absolute Gasteiger partial charge is 0.479 e. The minimum atomic E-state index is -1.56. The summed E-state index contributed by atoms with van der Waals surface area (Å²) in [5, 5.41) is 11.7. The molecule has 3 rings (SSSR count). The van der Waals surface area contributed by atoms with E-state index in [2.05, 4.69) is 10.3 Å². The Morgan fingerprint density at radius 1 is 1.22 bits per heavy atom. The number of benzene rings is 1. The normalized spacial score (nSPS) is 24.3. The van der Waals surface area contributed by atoms with Gasteiger partial charge in [-0.05, 0) is 43.3 Å². The van der Waals surface area contributed by atoms with Crippen molar-refractivity contribution in [1.82, 2.24) is 10.3 Å². The molecule has 1 aromatic heterocycles. The number of ether oxygens (including phenoxy) is 1. The summed E-state index contributed by atoms with van der Waals surface area (Å²) in [5.74, 6) is -0.0374. The number of urea groups is 2. The molecule has 1 aromatic carbocycles. The van der Waals surface area contributed by atoms with Crippen LogP contribution < -0.4 is 15.8 Å². The number of nitrogens with one attached hydrogen (secondary N) is 1. The summed E-state index contributed by atoms with van der Waals surface area (Å²) in [6.45, 7) is 1.02. The van der Waals surface area contributed by atoms with E-state index >= 15 is 0 Å². The van der Waals surface area contributed by atoms with Crippen LogP contribution >= 0.6 is 0 Å². The Morgan fingerprint density at radius 2 is 1.81 bits per heavy atom. The van der Waals surface area contributed by atoms with E-state index < -0.39 is 28.1 Å². The number of aliphatic carboxylic acids is 1. The topological polar surface area (TPSA) is 132 Å². The third kappa shape index (κ3) is 3.44. The Morgan fingerprint density at radius 3 is 2.33 bits per heavy atom. The summed E-state index contributed by atoms with van der Waals surface area (Å²) in [4.78, 5) is 39.9. The second-order valence-corrected chi connectivity index (χ2v) is 6.62. The number of pyridine rings is 1. The zero-order valence-electron chi connectivity index (χ0n) is 14.6. The number of amides is 4. The molecule has 9 nitrogen and oxygen atoms in total. The minimum absolute atomic E-state index is 0.0560. The molecule has 27 heavy (non-hydrogen) atoms. The van der Waals surface area contributed by atoms with Gasteiger partial charge in [-0.15, -0.1) is 0 Å². The maximum atomic E-state index is 12.4. The molecule has 1 saturated heterocycles. The van der Waals surface area contributed by atoms with E-state index in [0.29, 0.717) is 17.1 Å². The smallest absolute Gasteiger partial charge is 0.427 e. The van der Waals surface area contributed by atoms with Gasteiger partial charge >= 0.3 is 18.0 Å². The van der Waals surface area contributed by atoms with Crippen molar-refractivity contribution in [3.63, 3.8) is 0 Å². The van der Waals surface area contributed by atoms with Gasteiger partial charge < -0.3 is 15.6 Å². The molecule has 0 spiro atoms. The van der Waals surface area contributed by atoms with Crippen LogP contribution in [0.1, 0.15) is 12.5 Å². The average molecular weight is 371 g/mol. The van der Waals surface area contributed by atoms with Crippen molar-refractivity contribution in [3.8, 4) is 11.5 Å². The molecule has 4 N–H and O–H groups in total. The van der Waals surface area contributed by atoms with E-state index in [0.717, 1.165) is 0 Å². The molecule has 1 aliphatic rings. The van der Waals surface area contributed by atoms with Gasteiger partial charge in [0, 0.05) is 18.0 Å². The Hall–Kier alpha value is -3.46. The fourth-order valence-electron chi connectivity index (χ4n) is 3.02. The molecule has 1 aliphatic heterocycles. The lowest BCUT2D eigenvalue weighted by molar-refractivity contribution is -0.773. The molecule has 1 fully saturated rings. The number of primary amides is 1. The van der Waals surface area contributed by atoms with Crippen molar-refractivity contribution in [2.75, 3.05) is 6.54 Å². The summed E-state index contributed by atoms with van der Waals surface area (Å²) in [7, 11) is 0. The number of rotatable bonds is 5. The quantitative estimate of drug-likeness (QED) is 0.687. The number of imide groups is 1. The van der Waals surface area contributed by atoms with Gasteiger partial charge in [0.15, 0.2) is 5.54 Å². The van der Waals surface area contributed by atoms with Crippen LogP contribution in [0, 0.1) is 0 Å². The summed E-state index contributed by atoms with van der Waals surface area (Å²) in [5.41, 5.74) is 4.55. The highest BCUT2D eigenvalue weighted by Gasteiger charge is 2.60. The second kappa shape index (κ2) is 6.69. The molecule has 4 amide bonds. The van der Waals surface area contributed by atoms with Crippen molar-refractivity contribution in [2.45, 2.75) is 19.0 Å². The lowest BCUT2D eigenvalue weighted by atomic mass is 10.0. The lowest BCUT2D eigenvalue weighted by Crippen LogP contribution is -2.57. The maximum absolute atomic E-state index is 12.4. The first-order valence-corrected chi connectivity index (χ1v) is 8.15. The van der Waals surface area contributed by atoms with Crippen LogP contribution in [0.15, 0.2) is 48.8 Å². The first-order valence-electron chi connectivity index (χ1n) is 8.15. The third-order valence-electron chi connectivity index (χ3n) is 4.51. The number of hydrogen-bond acceptors (Lipinski definition) is 5. The van der Waals surface area contributed by atoms with Crippen molar-refractivity contribution >= 4 is 18.0 Å². The Bertz CT molecular complexity index is 886. The number of quaternary nitrogens is 1. The second-order valence-electron chi connectivity index (χ2n) is 6.62. The number of nitrogens with zero attached hydrogens (tertiary/aromatic N) is 2. The number of carboxylic acid groups (broad SMARTS) is 1. The van der Waals surface area contributed by atoms with Gasteiger partial charge in [0.05, 0.1) is 0 Å². The van der Waals surface area contributed by atoms with Crippen LogP contribution in [-0.2, 0) is 11.3 Å². The first kappa shape index (κ1) is 18.3. The minimum Gasteiger partial charge on any atom is -0.479 e. The van der Waals surface area contributed by atoms with E-state index in [-0.39, 0.29) is 13.1 Å². The van der Waals surface area contributed by atoms with E-state index in [1.54, 1.807) is 48.8 Å². The SMILES string of the molecule is C[C@]1(C(=O)O)C[N+](Cc2ccc(Oc3ccncc3)cc2)(C(N)=O)C(=O)N1. The molecule has 140 valence electrons. The number of carboxylic acids is 1. The Kier molecular flexibility index (Phi) is 4.54. The molecule has 9 heteroatoms. The van der Waals surface area contributed by atoms with Crippen molar-refractivity contribution < 1.29 is 28.7 Å². The summed E-state index contributed by atoms with van der Waals surface area (Å²) >= 11 is 0. The molecule has 0 bridgehead atoms. The van der Waals surface area contributed by atoms with Gasteiger partial charge in [0.2, 0.25) is 0 Å². The van der Waals surface area contributed by atoms with Crippen LogP contribution in [0.2, 0.25) is 0 Å². The van der Waals surface area contributed by atoms with Crippen LogP contribution in [0.4, 0.5) is 9.59 Å². The van der Waals surface area contributed by atoms with Crippen LogP contribution in [0.25, 0.3) is 0 Å². The number of nitrogens with two attached hydrogens (primary N) is 1. The highest BCUT2D eigenvalue weighted by atomic mass is 16.5. The molecule has 0 radical (unpaired) electrons. The van der Waals surface area contributed by atoms with Crippen molar-refractivity contribution in [1.29, 1.82) is 0 Å². The van der Waals surface area contributed by atoms with Gasteiger partial charge in [0.25, 0.3) is 0 Å². The van der Waals surface area contributed by atoms with Crippen molar-refractivity contribution in [3.05, 3.63) is 54.4 Å². The average Bonchev–Trinajstić information content (AvgIpc) is 2.90. The lowest BCUT2D eigenvalue weighted by Gasteiger charge is -2.26. The van der Waals surface area contributed by atoms with E-state index in [9.17, 15) is 19.5 Å². The summed E-state index contributed by atoms with van der Waals surface area (Å²) < 4.78 is 4.86.